The lowest BCUT2D eigenvalue weighted by Crippen LogP contribution is -2.16. The second-order valence-electron chi connectivity index (χ2n) is 6.24. The molecule has 0 fully saturated rings. The van der Waals surface area contributed by atoms with Gasteiger partial charge in [-0.3, -0.25) is 0 Å². The molecule has 0 saturated heterocycles. The van der Waals surface area contributed by atoms with Crippen molar-refractivity contribution >= 4 is 0 Å². The van der Waals surface area contributed by atoms with E-state index in [0.29, 0.717) is 23.0 Å². The van der Waals surface area contributed by atoms with Gasteiger partial charge in [0.15, 0.2) is 0 Å². The zero-order valence-electron chi connectivity index (χ0n) is 16.2. The van der Waals surface area contributed by atoms with Crippen LogP contribution >= 0.6 is 0 Å². The number of benzene rings is 4. The summed E-state index contributed by atoms with van der Waals surface area (Å²) in [5.74, 6) is 2.53. The lowest BCUT2D eigenvalue weighted by Gasteiger charge is -2.17. The van der Waals surface area contributed by atoms with Crippen molar-refractivity contribution in [1.82, 2.24) is 0 Å². The molecule has 0 atom stereocenters. The number of ether oxygens (including phenoxy) is 4. The molecule has 0 amide bonds. The van der Waals surface area contributed by atoms with Gasteiger partial charge in [-0.25, -0.2) is 0 Å². The van der Waals surface area contributed by atoms with Gasteiger partial charge in [-0.15, -0.1) is 0 Å². The van der Waals surface area contributed by atoms with Gasteiger partial charge in [-0.05, 0) is 48.5 Å². The van der Waals surface area contributed by atoms with Crippen molar-refractivity contribution in [3.8, 4) is 23.0 Å². The molecule has 30 heavy (non-hydrogen) atoms. The molecule has 0 N–H and O–H groups in total. The third kappa shape index (κ3) is 5.42. The third-order valence-corrected chi connectivity index (χ3v) is 3.98. The van der Waals surface area contributed by atoms with Crippen molar-refractivity contribution in [3.63, 3.8) is 0 Å². The Kier molecular flexibility index (Phi) is 6.28. The van der Waals surface area contributed by atoms with E-state index in [2.05, 4.69) is 0 Å². The molecule has 4 aromatic carbocycles. The second kappa shape index (κ2) is 9.85. The Hall–Kier alpha value is -4.18. The molecule has 4 aromatic rings. The highest BCUT2D eigenvalue weighted by Crippen LogP contribution is 2.25. The molecule has 0 aliphatic rings. The molecular formula is C26H20O4. The Morgan fingerprint density at radius 2 is 0.500 bits per heavy atom. The highest BCUT2D eigenvalue weighted by Gasteiger charge is 2.19. The molecule has 148 valence electrons. The third-order valence-electron chi connectivity index (χ3n) is 3.98. The molecule has 0 heterocycles. The van der Waals surface area contributed by atoms with E-state index < -0.39 is 0 Å². The van der Waals surface area contributed by atoms with Crippen molar-refractivity contribution < 1.29 is 18.9 Å². The van der Waals surface area contributed by atoms with Crippen LogP contribution in [0.2, 0.25) is 0 Å². The summed E-state index contributed by atoms with van der Waals surface area (Å²) >= 11 is 0. The van der Waals surface area contributed by atoms with Crippen LogP contribution in [0.25, 0.3) is 0 Å². The van der Waals surface area contributed by atoms with E-state index >= 15 is 0 Å². The average molecular weight is 396 g/mol. The second-order valence-corrected chi connectivity index (χ2v) is 6.24. The molecule has 4 heteroatoms. The van der Waals surface area contributed by atoms with Gasteiger partial charge >= 0.3 is 11.9 Å². The van der Waals surface area contributed by atoms with Crippen molar-refractivity contribution in [2.45, 2.75) is 0 Å². The quantitative estimate of drug-likeness (QED) is 0.322. The predicted octanol–water partition coefficient (Wildman–Crippen LogP) is 6.43. The number of para-hydroxylation sites is 4. The molecule has 0 saturated carbocycles. The summed E-state index contributed by atoms with van der Waals surface area (Å²) in [6, 6.07) is 37.3. The number of hydrogen-bond donors (Lipinski definition) is 0. The van der Waals surface area contributed by atoms with Gasteiger partial charge in [0.05, 0.1) is 0 Å². The molecule has 0 unspecified atom stereocenters. The van der Waals surface area contributed by atoms with E-state index in [9.17, 15) is 0 Å². The summed E-state index contributed by atoms with van der Waals surface area (Å²) in [4.78, 5) is 0. The zero-order valence-corrected chi connectivity index (χ0v) is 16.2. The Morgan fingerprint density at radius 1 is 0.300 bits per heavy atom. The van der Waals surface area contributed by atoms with Crippen LogP contribution in [0.1, 0.15) is 0 Å². The maximum absolute atomic E-state index is 6.03. The summed E-state index contributed by atoms with van der Waals surface area (Å²) in [5.41, 5.74) is 0. The lowest BCUT2D eigenvalue weighted by molar-refractivity contribution is 0.130. The molecule has 0 radical (unpaired) electrons. The van der Waals surface area contributed by atoms with Crippen LogP contribution < -0.4 is 18.9 Å². The molecule has 0 spiro atoms. The summed E-state index contributed by atoms with van der Waals surface area (Å²) in [6.07, 6.45) is 0. The van der Waals surface area contributed by atoms with Crippen molar-refractivity contribution in [2.75, 3.05) is 0 Å². The van der Waals surface area contributed by atoms with Crippen LogP contribution in [-0.2, 0) is 0 Å². The largest absolute Gasteiger partial charge is 0.421 e. The Bertz CT molecular complexity index is 887. The van der Waals surface area contributed by atoms with Gasteiger partial charge in [0.25, 0.3) is 0 Å². The molecular weight excluding hydrogens is 376 g/mol. The highest BCUT2D eigenvalue weighted by molar-refractivity contribution is 5.30. The van der Waals surface area contributed by atoms with Crippen LogP contribution in [0.3, 0.4) is 0 Å². The first-order valence-electron chi connectivity index (χ1n) is 9.53. The molecule has 4 rings (SSSR count). The smallest absolute Gasteiger partial charge is 0.376 e. The minimum Gasteiger partial charge on any atom is -0.421 e. The van der Waals surface area contributed by atoms with Crippen LogP contribution in [0, 0.1) is 0 Å². The minimum absolute atomic E-state index is 0.0834. The summed E-state index contributed by atoms with van der Waals surface area (Å²) in [5, 5.41) is 0. The highest BCUT2D eigenvalue weighted by atomic mass is 16.7. The Balaban J connectivity index is 1.74. The molecule has 0 aliphatic carbocycles. The van der Waals surface area contributed by atoms with Gasteiger partial charge in [-0.2, -0.15) is 0 Å². The SMILES string of the molecule is c1ccc(OC(Oc2ccccc2)=C(Oc2ccccc2)Oc2ccccc2)cc1. The van der Waals surface area contributed by atoms with E-state index in [0.717, 1.165) is 0 Å². The van der Waals surface area contributed by atoms with Gasteiger partial charge in [0.2, 0.25) is 0 Å². The first-order chi connectivity index (χ1) is 14.9. The summed E-state index contributed by atoms with van der Waals surface area (Å²) in [6.45, 7) is 0. The average Bonchev–Trinajstić information content (AvgIpc) is 2.81. The fourth-order valence-corrected chi connectivity index (χ4v) is 2.59. The molecule has 0 aliphatic heterocycles. The first-order valence-corrected chi connectivity index (χ1v) is 9.53. The van der Waals surface area contributed by atoms with E-state index in [1.165, 1.54) is 0 Å². The van der Waals surface area contributed by atoms with Crippen LogP contribution in [0.4, 0.5) is 0 Å². The van der Waals surface area contributed by atoms with Gasteiger partial charge in [0.1, 0.15) is 23.0 Å². The Labute approximate surface area is 175 Å². The molecule has 0 bridgehead atoms. The monoisotopic (exact) mass is 396 g/mol. The van der Waals surface area contributed by atoms with E-state index in [-0.39, 0.29) is 11.9 Å². The standard InChI is InChI=1S/C26H20O4/c1-5-13-21(14-6-1)27-25(28-22-15-7-2-8-16-22)26(29-23-17-9-3-10-18-23)30-24-19-11-4-12-20-24/h1-20H. The minimum atomic E-state index is 0.0834. The van der Waals surface area contributed by atoms with Crippen molar-refractivity contribution in [2.24, 2.45) is 0 Å². The van der Waals surface area contributed by atoms with Gasteiger partial charge in [-0.1, -0.05) is 72.8 Å². The van der Waals surface area contributed by atoms with Crippen LogP contribution in [0.5, 0.6) is 23.0 Å². The lowest BCUT2D eigenvalue weighted by atomic mass is 10.3. The fraction of sp³-hybridized carbons (Fsp3) is 0. The topological polar surface area (TPSA) is 36.9 Å². The number of hydrogen-bond acceptors (Lipinski definition) is 4. The van der Waals surface area contributed by atoms with E-state index in [4.69, 9.17) is 18.9 Å². The maximum atomic E-state index is 6.03. The van der Waals surface area contributed by atoms with Crippen LogP contribution in [-0.4, -0.2) is 0 Å². The predicted molar refractivity (Wildman–Crippen MR) is 115 cm³/mol. The molecule has 0 aromatic heterocycles. The van der Waals surface area contributed by atoms with Crippen molar-refractivity contribution in [1.29, 1.82) is 0 Å². The molecule has 4 nitrogen and oxygen atoms in total. The van der Waals surface area contributed by atoms with Crippen molar-refractivity contribution in [3.05, 3.63) is 133 Å². The van der Waals surface area contributed by atoms with E-state index in [1.54, 1.807) is 0 Å². The van der Waals surface area contributed by atoms with Crippen LogP contribution in [0.15, 0.2) is 133 Å². The first kappa shape index (κ1) is 19.2. The number of rotatable bonds is 8. The summed E-state index contributed by atoms with van der Waals surface area (Å²) < 4.78 is 24.1. The van der Waals surface area contributed by atoms with Gasteiger partial charge in [0, 0.05) is 0 Å². The fourth-order valence-electron chi connectivity index (χ4n) is 2.59. The Morgan fingerprint density at radius 3 is 0.700 bits per heavy atom. The maximum Gasteiger partial charge on any atom is 0.376 e. The summed E-state index contributed by atoms with van der Waals surface area (Å²) in [7, 11) is 0. The zero-order chi connectivity index (χ0) is 20.4. The normalized spacial score (nSPS) is 10.0. The van der Waals surface area contributed by atoms with Gasteiger partial charge < -0.3 is 18.9 Å². The van der Waals surface area contributed by atoms with E-state index in [1.807, 2.05) is 121 Å².